The summed E-state index contributed by atoms with van der Waals surface area (Å²) in [5.74, 6) is 0.708. The van der Waals surface area contributed by atoms with Crippen molar-refractivity contribution in [2.24, 2.45) is 0 Å². The van der Waals surface area contributed by atoms with Crippen molar-refractivity contribution in [3.8, 4) is 0 Å². The molecule has 106 valence electrons. The molecule has 0 saturated carbocycles. The van der Waals surface area contributed by atoms with E-state index in [4.69, 9.17) is 0 Å². The summed E-state index contributed by atoms with van der Waals surface area (Å²) in [4.78, 5) is 14.1. The van der Waals surface area contributed by atoms with Crippen molar-refractivity contribution >= 4 is 22.4 Å². The molecule has 0 spiro atoms. The Kier molecular flexibility index (Phi) is 3.59. The SMILES string of the molecule is CCCNc1nnc(C(=O)N2CCn3cnnc3C2)s1. The highest BCUT2D eigenvalue weighted by molar-refractivity contribution is 7.17. The average Bonchev–Trinajstić information content (AvgIpc) is 3.12. The summed E-state index contributed by atoms with van der Waals surface area (Å²) in [6.45, 7) is 4.73. The van der Waals surface area contributed by atoms with E-state index in [2.05, 4.69) is 32.6 Å². The summed E-state index contributed by atoms with van der Waals surface area (Å²) in [6.07, 6.45) is 2.69. The van der Waals surface area contributed by atoms with E-state index in [1.54, 1.807) is 11.2 Å². The predicted molar refractivity (Wildman–Crippen MR) is 73.5 cm³/mol. The van der Waals surface area contributed by atoms with E-state index in [0.29, 0.717) is 29.8 Å². The number of rotatable bonds is 4. The minimum absolute atomic E-state index is 0.0960. The van der Waals surface area contributed by atoms with Gasteiger partial charge < -0.3 is 14.8 Å². The number of hydrogen-bond donors (Lipinski definition) is 1. The first-order valence-electron chi connectivity index (χ1n) is 6.51. The smallest absolute Gasteiger partial charge is 0.285 e. The topological polar surface area (TPSA) is 88.8 Å². The first kappa shape index (κ1) is 13.0. The van der Waals surface area contributed by atoms with Gasteiger partial charge in [0.15, 0.2) is 5.82 Å². The molecule has 0 bridgehead atoms. The van der Waals surface area contributed by atoms with Crippen molar-refractivity contribution in [2.75, 3.05) is 18.4 Å². The molecule has 1 N–H and O–H groups in total. The van der Waals surface area contributed by atoms with Gasteiger partial charge in [-0.1, -0.05) is 18.3 Å². The summed E-state index contributed by atoms with van der Waals surface area (Å²) >= 11 is 1.29. The molecule has 1 aliphatic rings. The number of carbonyl (C=O) groups excluding carboxylic acids is 1. The summed E-state index contributed by atoms with van der Waals surface area (Å²) < 4.78 is 1.96. The molecule has 20 heavy (non-hydrogen) atoms. The molecule has 0 radical (unpaired) electrons. The van der Waals surface area contributed by atoms with Crippen LogP contribution in [-0.2, 0) is 13.1 Å². The van der Waals surface area contributed by atoms with E-state index >= 15 is 0 Å². The molecule has 0 aromatic carbocycles. The Labute approximate surface area is 119 Å². The summed E-state index contributed by atoms with van der Waals surface area (Å²) in [5.41, 5.74) is 0. The lowest BCUT2D eigenvalue weighted by Crippen LogP contribution is -2.38. The van der Waals surface area contributed by atoms with Crippen LogP contribution in [0.4, 0.5) is 5.13 Å². The Morgan fingerprint density at radius 3 is 3.15 bits per heavy atom. The van der Waals surface area contributed by atoms with Gasteiger partial charge in [0.25, 0.3) is 5.91 Å². The molecule has 9 heteroatoms. The fraction of sp³-hybridized carbons (Fsp3) is 0.545. The Bertz CT molecular complexity index is 607. The van der Waals surface area contributed by atoms with Gasteiger partial charge in [-0.2, -0.15) is 0 Å². The average molecular weight is 293 g/mol. The van der Waals surface area contributed by atoms with E-state index in [-0.39, 0.29) is 5.91 Å². The highest BCUT2D eigenvalue weighted by Gasteiger charge is 2.25. The summed E-state index contributed by atoms with van der Waals surface area (Å²) in [5, 5.41) is 20.0. The van der Waals surface area contributed by atoms with Gasteiger partial charge in [0.05, 0.1) is 6.54 Å². The van der Waals surface area contributed by atoms with Crippen LogP contribution in [-0.4, -0.2) is 48.9 Å². The van der Waals surface area contributed by atoms with Crippen LogP contribution in [0.3, 0.4) is 0 Å². The number of carbonyl (C=O) groups is 1. The van der Waals surface area contributed by atoms with E-state index in [1.165, 1.54) is 11.3 Å². The highest BCUT2D eigenvalue weighted by atomic mass is 32.1. The van der Waals surface area contributed by atoms with Gasteiger partial charge >= 0.3 is 0 Å². The molecule has 0 saturated heterocycles. The molecule has 1 amide bonds. The molecule has 1 aliphatic heterocycles. The largest absolute Gasteiger partial charge is 0.360 e. The first-order chi connectivity index (χ1) is 9.78. The van der Waals surface area contributed by atoms with E-state index in [1.807, 2.05) is 4.57 Å². The molecule has 3 rings (SSSR count). The lowest BCUT2D eigenvalue weighted by molar-refractivity contribution is 0.0706. The molecule has 3 heterocycles. The third kappa shape index (κ3) is 2.48. The summed E-state index contributed by atoms with van der Waals surface area (Å²) in [7, 11) is 0. The molecule has 0 atom stereocenters. The quantitative estimate of drug-likeness (QED) is 0.888. The molecular weight excluding hydrogens is 278 g/mol. The molecule has 0 fully saturated rings. The molecule has 2 aromatic heterocycles. The van der Waals surface area contributed by atoms with Crippen LogP contribution in [0.1, 0.15) is 29.0 Å². The van der Waals surface area contributed by atoms with Gasteiger partial charge in [-0.15, -0.1) is 20.4 Å². The minimum Gasteiger partial charge on any atom is -0.360 e. The zero-order valence-electron chi connectivity index (χ0n) is 11.1. The maximum Gasteiger partial charge on any atom is 0.285 e. The fourth-order valence-electron chi connectivity index (χ4n) is 1.99. The number of nitrogens with one attached hydrogen (secondary N) is 1. The lowest BCUT2D eigenvalue weighted by Gasteiger charge is -2.25. The van der Waals surface area contributed by atoms with Crippen molar-refractivity contribution < 1.29 is 4.79 Å². The van der Waals surface area contributed by atoms with Gasteiger partial charge in [0.1, 0.15) is 6.33 Å². The van der Waals surface area contributed by atoms with Crippen molar-refractivity contribution in [1.29, 1.82) is 0 Å². The Hall–Kier alpha value is -2.03. The second kappa shape index (κ2) is 5.53. The zero-order chi connectivity index (χ0) is 13.9. The highest BCUT2D eigenvalue weighted by Crippen LogP contribution is 2.19. The van der Waals surface area contributed by atoms with E-state index in [9.17, 15) is 4.79 Å². The van der Waals surface area contributed by atoms with Gasteiger partial charge in [0.2, 0.25) is 10.1 Å². The van der Waals surface area contributed by atoms with Crippen molar-refractivity contribution in [3.63, 3.8) is 0 Å². The third-order valence-electron chi connectivity index (χ3n) is 3.06. The number of aromatic nitrogens is 5. The second-order valence-electron chi connectivity index (χ2n) is 4.51. The number of nitrogens with zero attached hydrogens (tertiary/aromatic N) is 6. The van der Waals surface area contributed by atoms with Gasteiger partial charge in [-0.25, -0.2) is 0 Å². The van der Waals surface area contributed by atoms with Crippen LogP contribution in [0.15, 0.2) is 6.33 Å². The standard InChI is InChI=1S/C11H15N7OS/c1-2-3-12-11-16-15-9(20-11)10(19)17-4-5-18-7-13-14-8(18)6-17/h7H,2-6H2,1H3,(H,12,16). The Balaban J connectivity index is 1.69. The number of hydrogen-bond acceptors (Lipinski definition) is 7. The molecule has 0 aliphatic carbocycles. The number of anilines is 1. The zero-order valence-corrected chi connectivity index (χ0v) is 11.9. The van der Waals surface area contributed by atoms with Gasteiger partial charge in [-0.3, -0.25) is 4.79 Å². The second-order valence-corrected chi connectivity index (χ2v) is 5.48. The van der Waals surface area contributed by atoms with E-state index in [0.717, 1.165) is 18.8 Å². The lowest BCUT2D eigenvalue weighted by atomic mass is 10.3. The van der Waals surface area contributed by atoms with Crippen LogP contribution < -0.4 is 5.32 Å². The molecule has 8 nitrogen and oxygen atoms in total. The monoisotopic (exact) mass is 293 g/mol. The first-order valence-corrected chi connectivity index (χ1v) is 7.33. The van der Waals surface area contributed by atoms with Gasteiger partial charge in [0, 0.05) is 19.6 Å². The van der Waals surface area contributed by atoms with Crippen LogP contribution in [0.2, 0.25) is 0 Å². The van der Waals surface area contributed by atoms with Crippen LogP contribution in [0, 0.1) is 0 Å². The molecular formula is C11H15N7OS. The van der Waals surface area contributed by atoms with E-state index < -0.39 is 0 Å². The maximum atomic E-state index is 12.4. The number of amides is 1. The van der Waals surface area contributed by atoms with Crippen molar-refractivity contribution in [2.45, 2.75) is 26.4 Å². The molecule has 2 aromatic rings. The molecule has 0 unspecified atom stereocenters. The van der Waals surface area contributed by atoms with Crippen LogP contribution in [0.25, 0.3) is 0 Å². The minimum atomic E-state index is -0.0960. The van der Waals surface area contributed by atoms with Gasteiger partial charge in [-0.05, 0) is 6.42 Å². The summed E-state index contributed by atoms with van der Waals surface area (Å²) in [6, 6.07) is 0. The Morgan fingerprint density at radius 1 is 1.40 bits per heavy atom. The predicted octanol–water partition coefficient (Wildman–Crippen LogP) is 0.607. The van der Waals surface area contributed by atoms with Crippen LogP contribution >= 0.6 is 11.3 Å². The van der Waals surface area contributed by atoms with Crippen LogP contribution in [0.5, 0.6) is 0 Å². The number of fused-ring (bicyclic) bond motifs is 1. The van der Waals surface area contributed by atoms with Crippen molar-refractivity contribution in [1.82, 2.24) is 29.9 Å². The third-order valence-corrected chi connectivity index (χ3v) is 3.93. The normalized spacial score (nSPS) is 14.2. The van der Waals surface area contributed by atoms with Crippen molar-refractivity contribution in [3.05, 3.63) is 17.2 Å². The fourth-order valence-corrected chi connectivity index (χ4v) is 2.73. The maximum absolute atomic E-state index is 12.4. The Morgan fingerprint density at radius 2 is 2.30 bits per heavy atom.